The summed E-state index contributed by atoms with van der Waals surface area (Å²) < 4.78 is 71.1. The highest BCUT2D eigenvalue weighted by Gasteiger charge is 2.45. The number of nitrogens with one attached hydrogen (secondary N) is 1. The van der Waals surface area contributed by atoms with E-state index in [-0.39, 0.29) is 29.0 Å². The van der Waals surface area contributed by atoms with Gasteiger partial charge >= 0.3 is 18.0 Å². The number of alkyl halides is 3. The normalized spacial score (nSPS) is 31.7. The van der Waals surface area contributed by atoms with E-state index in [4.69, 9.17) is 9.47 Å². The number of amides is 2. The topological polar surface area (TPSA) is 110 Å². The molecule has 2 aliphatic carbocycles. The van der Waals surface area contributed by atoms with Crippen molar-refractivity contribution < 1.29 is 36.4 Å². The van der Waals surface area contributed by atoms with Gasteiger partial charge in [-0.25, -0.2) is 9.19 Å². The molecule has 0 radical (unpaired) electrons. The van der Waals surface area contributed by atoms with Gasteiger partial charge in [0.15, 0.2) is 11.6 Å². The number of hydrogen-bond donors (Lipinski definition) is 1. The second kappa shape index (κ2) is 12.9. The molecular formula is C34H41F3N4O5S. The highest BCUT2D eigenvalue weighted by atomic mass is 32.2. The summed E-state index contributed by atoms with van der Waals surface area (Å²) in [5.41, 5.74) is 3.23. The molecule has 0 saturated heterocycles. The maximum atomic E-state index is 13.8. The molecule has 3 heterocycles. The van der Waals surface area contributed by atoms with E-state index in [1.807, 2.05) is 12.2 Å². The number of halogens is 3. The average molecular weight is 675 g/mol. The Kier molecular flexibility index (Phi) is 9.16. The molecule has 2 bridgehead atoms. The Morgan fingerprint density at radius 1 is 1.21 bits per heavy atom. The molecule has 2 aliphatic heterocycles. The van der Waals surface area contributed by atoms with Crippen molar-refractivity contribution in [2.24, 2.45) is 22.1 Å². The van der Waals surface area contributed by atoms with Gasteiger partial charge in [-0.1, -0.05) is 42.8 Å². The summed E-state index contributed by atoms with van der Waals surface area (Å²) in [6.45, 7) is 5.40. The van der Waals surface area contributed by atoms with Gasteiger partial charge in [0.2, 0.25) is 0 Å². The minimum atomic E-state index is -5.31. The first-order valence-corrected chi connectivity index (χ1v) is 17.8. The first-order valence-electron chi connectivity index (χ1n) is 16.2. The zero-order valence-corrected chi connectivity index (χ0v) is 27.7. The van der Waals surface area contributed by atoms with Gasteiger partial charge in [-0.05, 0) is 86.5 Å². The zero-order valence-electron chi connectivity index (χ0n) is 26.8. The van der Waals surface area contributed by atoms with Gasteiger partial charge in [-0.3, -0.25) is 14.3 Å². The van der Waals surface area contributed by atoms with Crippen LogP contribution >= 0.6 is 0 Å². The van der Waals surface area contributed by atoms with E-state index < -0.39 is 39.6 Å². The number of aryl methyl sites for hydroxylation is 2. The van der Waals surface area contributed by atoms with E-state index in [1.165, 1.54) is 27.5 Å². The Morgan fingerprint density at radius 3 is 2.74 bits per heavy atom. The molecule has 13 heteroatoms. The fraction of sp³-hybridized carbons (Fsp3) is 0.559. The summed E-state index contributed by atoms with van der Waals surface area (Å²) in [6, 6.07) is 9.57. The molecular weight excluding hydrogens is 633 g/mol. The van der Waals surface area contributed by atoms with E-state index in [0.717, 1.165) is 32.1 Å². The van der Waals surface area contributed by atoms with Crippen LogP contribution in [0.15, 0.2) is 46.8 Å². The number of carbonyl (C=O) groups is 2. The summed E-state index contributed by atoms with van der Waals surface area (Å²) in [4.78, 5) is 32.3. The van der Waals surface area contributed by atoms with Crippen molar-refractivity contribution in [1.29, 1.82) is 0 Å². The van der Waals surface area contributed by atoms with E-state index in [2.05, 4.69) is 39.4 Å². The van der Waals surface area contributed by atoms with Crippen LogP contribution in [0.2, 0.25) is 0 Å². The molecule has 1 aromatic heterocycles. The smallest absolute Gasteiger partial charge is 0.472 e. The van der Waals surface area contributed by atoms with Crippen molar-refractivity contribution in [3.63, 3.8) is 0 Å². The first-order chi connectivity index (χ1) is 22.3. The zero-order chi connectivity index (χ0) is 33.6. The molecule has 2 amide bonds. The number of nitrogens with zero attached hydrogens (tertiary/aromatic N) is 3. The molecule has 1 spiro atoms. The van der Waals surface area contributed by atoms with Gasteiger partial charge in [0.05, 0.1) is 18.5 Å². The number of anilines is 1. The van der Waals surface area contributed by atoms with E-state index in [9.17, 15) is 27.0 Å². The number of carbonyl (C=O) groups excluding carboxylic acids is 2. The van der Waals surface area contributed by atoms with Crippen LogP contribution < -0.4 is 14.4 Å². The fourth-order valence-electron chi connectivity index (χ4n) is 7.58. The second-order valence-corrected chi connectivity index (χ2v) is 15.6. The Morgan fingerprint density at radius 2 is 2.02 bits per heavy atom. The molecule has 2 aromatic rings. The van der Waals surface area contributed by atoms with Crippen LogP contribution in [0, 0.1) is 24.7 Å². The Bertz CT molecular complexity index is 1700. The van der Waals surface area contributed by atoms with Gasteiger partial charge in [-0.2, -0.15) is 13.2 Å². The third kappa shape index (κ3) is 6.92. The van der Waals surface area contributed by atoms with Gasteiger partial charge in [0.1, 0.15) is 15.6 Å². The predicted octanol–water partition coefficient (Wildman–Crippen LogP) is 5.70. The third-order valence-corrected chi connectivity index (χ3v) is 12.0. The minimum Gasteiger partial charge on any atom is -0.489 e. The van der Waals surface area contributed by atoms with Crippen LogP contribution in [0.25, 0.3) is 0 Å². The molecule has 6 rings (SSSR count). The maximum Gasteiger partial charge on any atom is 0.472 e. The van der Waals surface area contributed by atoms with Crippen LogP contribution in [0.5, 0.6) is 5.75 Å². The minimum absolute atomic E-state index is 0.191. The van der Waals surface area contributed by atoms with Crippen molar-refractivity contribution in [2.75, 3.05) is 37.5 Å². The second-order valence-electron chi connectivity index (χ2n) is 13.6. The van der Waals surface area contributed by atoms with Crippen molar-refractivity contribution in [2.45, 2.75) is 70.1 Å². The highest BCUT2D eigenvalue weighted by Crippen LogP contribution is 2.46. The lowest BCUT2D eigenvalue weighted by Crippen LogP contribution is -2.49. The lowest BCUT2D eigenvalue weighted by Gasteiger charge is -2.45. The summed E-state index contributed by atoms with van der Waals surface area (Å²) in [7, 11) is -2.51. The molecule has 1 fully saturated rings. The Labute approximate surface area is 273 Å². The molecule has 6 atom stereocenters. The van der Waals surface area contributed by atoms with Crippen molar-refractivity contribution in [1.82, 2.24) is 9.71 Å². The third-order valence-electron chi connectivity index (χ3n) is 10.0. The quantitative estimate of drug-likeness (QED) is 0.407. The monoisotopic (exact) mass is 674 g/mol. The van der Waals surface area contributed by atoms with Crippen LogP contribution in [0.3, 0.4) is 0 Å². The number of pyridine rings is 1. The number of ether oxygens (including phenoxy) is 2. The molecule has 9 nitrogen and oxygen atoms in total. The molecule has 1 aromatic carbocycles. The summed E-state index contributed by atoms with van der Waals surface area (Å²) in [5, 5.41) is 0. The van der Waals surface area contributed by atoms with Crippen LogP contribution in [0.4, 0.5) is 19.0 Å². The lowest BCUT2D eigenvalue weighted by molar-refractivity contribution is -0.171. The molecule has 1 saturated carbocycles. The molecule has 47 heavy (non-hydrogen) atoms. The Hall–Kier alpha value is -3.45. The number of benzene rings is 1. The van der Waals surface area contributed by atoms with Gasteiger partial charge in [-0.15, -0.1) is 4.36 Å². The number of hydrogen-bond acceptors (Lipinski definition) is 7. The van der Waals surface area contributed by atoms with Gasteiger partial charge in [0, 0.05) is 25.6 Å². The SMILES string of the molecule is CO[C@H]1/C=C/C[C@H](C)C[S@@](=O)(NC(=O)C(F)(F)F)=NC(=O)c2ccc3c(n2)N(C[C@@H]2CC[C@H]21)C[C@@]1(CCCc2cc(C)ccc21)CO3. The number of fused-ring (bicyclic) bond motifs is 4. The lowest BCUT2D eigenvalue weighted by atomic mass is 9.68. The first kappa shape index (κ1) is 33.5. The van der Waals surface area contributed by atoms with E-state index in [1.54, 1.807) is 20.1 Å². The van der Waals surface area contributed by atoms with Crippen molar-refractivity contribution >= 4 is 27.5 Å². The highest BCUT2D eigenvalue weighted by molar-refractivity contribution is 7.92. The number of rotatable bonds is 2. The average Bonchev–Trinajstić information content (AvgIpc) is 3.14. The summed E-state index contributed by atoms with van der Waals surface area (Å²) in [6.07, 6.45) is 3.52. The number of aromatic nitrogens is 1. The van der Waals surface area contributed by atoms with E-state index in [0.29, 0.717) is 37.7 Å². The van der Waals surface area contributed by atoms with Crippen LogP contribution in [0.1, 0.15) is 66.2 Å². The number of allylic oxidation sites excluding steroid dienone is 1. The summed E-state index contributed by atoms with van der Waals surface area (Å²) in [5.74, 6) is -3.02. The maximum absolute atomic E-state index is 13.8. The van der Waals surface area contributed by atoms with Crippen molar-refractivity contribution in [3.8, 4) is 5.75 Å². The molecule has 4 aliphatic rings. The van der Waals surface area contributed by atoms with Gasteiger partial charge < -0.3 is 14.4 Å². The number of methoxy groups -OCH3 is 1. The predicted molar refractivity (Wildman–Crippen MR) is 172 cm³/mol. The van der Waals surface area contributed by atoms with Crippen LogP contribution in [-0.4, -0.2) is 65.8 Å². The largest absolute Gasteiger partial charge is 0.489 e. The molecule has 1 N–H and O–H groups in total. The molecule has 0 unspecified atom stereocenters. The fourth-order valence-corrected chi connectivity index (χ4v) is 9.45. The van der Waals surface area contributed by atoms with Gasteiger partial charge in [0.25, 0.3) is 0 Å². The standard InChI is InChI=1S/C34H41F3N4O5S/c1-21-9-12-26-23(16-21)7-5-15-33(26)19-41-17-24-10-11-25(24)28(45-3)8-4-6-22(2)18-47(44,40-32(43)34(35,36)37)39-31(42)27-13-14-29(46-20-33)30(41)38-27/h4,8-9,12-14,16,22,24-25,28H,5-7,10-11,15,17-20H2,1-3H3,(H,39,40,42,43,44)/b8-4+/t22-,24-,25+,28-,33-,47-/m0/s1. The Balaban J connectivity index is 1.45. The van der Waals surface area contributed by atoms with E-state index >= 15 is 0 Å². The summed E-state index contributed by atoms with van der Waals surface area (Å²) >= 11 is 0. The van der Waals surface area contributed by atoms with Crippen LogP contribution in [-0.2, 0) is 31.3 Å². The molecule has 254 valence electrons. The van der Waals surface area contributed by atoms with Crippen molar-refractivity contribution in [3.05, 3.63) is 64.9 Å².